The van der Waals surface area contributed by atoms with Gasteiger partial charge in [-0.3, -0.25) is 4.90 Å². The van der Waals surface area contributed by atoms with Crippen LogP contribution >= 0.6 is 0 Å². The molecule has 17 heavy (non-hydrogen) atoms. The van der Waals surface area contributed by atoms with E-state index in [1.807, 2.05) is 21.0 Å². The highest BCUT2D eigenvalue weighted by atomic mass is 16.5. The van der Waals surface area contributed by atoms with Gasteiger partial charge in [-0.2, -0.15) is 0 Å². The van der Waals surface area contributed by atoms with Gasteiger partial charge in [0.25, 0.3) is 0 Å². The summed E-state index contributed by atoms with van der Waals surface area (Å²) in [6, 6.07) is 0.270. The van der Waals surface area contributed by atoms with Gasteiger partial charge in [-0.15, -0.1) is 0 Å². The van der Waals surface area contributed by atoms with Crippen LogP contribution in [0.4, 0.5) is 0 Å². The van der Waals surface area contributed by atoms with Crippen molar-refractivity contribution in [3.05, 3.63) is 0 Å². The van der Waals surface area contributed by atoms with Crippen molar-refractivity contribution < 1.29 is 14.6 Å². The highest BCUT2D eigenvalue weighted by Gasteiger charge is 2.34. The van der Waals surface area contributed by atoms with Gasteiger partial charge in [0.15, 0.2) is 5.60 Å². The third kappa shape index (κ3) is 5.48. The molecule has 0 heterocycles. The number of carbonyl (C=O) groups excluding carboxylic acids is 1. The minimum absolute atomic E-state index is 0.270. The zero-order valence-corrected chi connectivity index (χ0v) is 11.9. The van der Waals surface area contributed by atoms with Crippen LogP contribution in [0.15, 0.2) is 0 Å². The molecule has 0 aliphatic carbocycles. The molecule has 0 aromatic heterocycles. The summed E-state index contributed by atoms with van der Waals surface area (Å²) in [5, 5.41) is 10.0. The fraction of sp³-hybridized carbons (Fsp3) is 0.917. The predicted octanol–water partition coefficient (Wildman–Crippen LogP) is 0.182. The summed E-state index contributed by atoms with van der Waals surface area (Å²) in [6.45, 7) is 7.53. The van der Waals surface area contributed by atoms with Gasteiger partial charge in [-0.25, -0.2) is 4.79 Å². The Balaban J connectivity index is 4.53. The molecule has 5 heteroatoms. The van der Waals surface area contributed by atoms with Crippen molar-refractivity contribution in [2.75, 3.05) is 40.8 Å². The molecule has 0 radical (unpaired) electrons. The Hall–Kier alpha value is -0.650. The summed E-state index contributed by atoms with van der Waals surface area (Å²) in [7, 11) is 5.29. The van der Waals surface area contributed by atoms with Gasteiger partial charge in [0, 0.05) is 19.1 Å². The Morgan fingerprint density at radius 1 is 1.47 bits per heavy atom. The summed E-state index contributed by atoms with van der Waals surface area (Å²) < 4.78 is 4.60. The lowest BCUT2D eigenvalue weighted by atomic mass is 10.1. The summed E-state index contributed by atoms with van der Waals surface area (Å²) >= 11 is 0. The van der Waals surface area contributed by atoms with Gasteiger partial charge < -0.3 is 14.7 Å². The molecule has 0 amide bonds. The molecule has 0 aliphatic rings. The third-order valence-electron chi connectivity index (χ3n) is 2.80. The molecular formula is C12H26N2O3. The molecule has 2 unspecified atom stereocenters. The van der Waals surface area contributed by atoms with Crippen molar-refractivity contribution >= 4 is 5.97 Å². The van der Waals surface area contributed by atoms with E-state index in [9.17, 15) is 9.90 Å². The normalized spacial score (nSPS) is 17.0. The number of rotatable bonds is 7. The van der Waals surface area contributed by atoms with Crippen LogP contribution in [0, 0.1) is 0 Å². The van der Waals surface area contributed by atoms with Crippen LogP contribution in [-0.4, -0.2) is 73.4 Å². The molecule has 0 spiro atoms. The lowest BCUT2D eigenvalue weighted by molar-refractivity contribution is -0.162. The fourth-order valence-electron chi connectivity index (χ4n) is 1.90. The van der Waals surface area contributed by atoms with Crippen molar-refractivity contribution in [1.29, 1.82) is 0 Å². The first-order valence-corrected chi connectivity index (χ1v) is 5.94. The molecule has 0 aromatic rings. The standard InChI is InChI=1S/C12H26N2O3/c1-7-14(10(2)8-13(4)5)9-12(3,16)11(15)17-6/h10,16H,7-9H2,1-6H3. The zero-order valence-electron chi connectivity index (χ0n) is 11.9. The highest BCUT2D eigenvalue weighted by molar-refractivity contribution is 5.78. The van der Waals surface area contributed by atoms with Crippen molar-refractivity contribution in [2.45, 2.75) is 32.4 Å². The molecule has 0 fully saturated rings. The predicted molar refractivity (Wildman–Crippen MR) is 67.9 cm³/mol. The van der Waals surface area contributed by atoms with Gasteiger partial charge in [-0.05, 0) is 34.5 Å². The van der Waals surface area contributed by atoms with Gasteiger partial charge in [-0.1, -0.05) is 6.92 Å². The van der Waals surface area contributed by atoms with E-state index >= 15 is 0 Å². The Morgan fingerprint density at radius 3 is 2.35 bits per heavy atom. The van der Waals surface area contributed by atoms with Crippen LogP contribution in [0.2, 0.25) is 0 Å². The van der Waals surface area contributed by atoms with Gasteiger partial charge in [0.1, 0.15) is 0 Å². The molecule has 1 N–H and O–H groups in total. The molecular weight excluding hydrogens is 220 g/mol. The SMILES string of the molecule is CCN(CC(C)(O)C(=O)OC)C(C)CN(C)C. The Kier molecular flexibility index (Phi) is 6.67. The number of methoxy groups -OCH3 is 1. The Morgan fingerprint density at radius 2 is 2.00 bits per heavy atom. The largest absolute Gasteiger partial charge is 0.467 e. The molecule has 2 atom stereocenters. The van der Waals surface area contributed by atoms with E-state index < -0.39 is 11.6 Å². The van der Waals surface area contributed by atoms with E-state index in [4.69, 9.17) is 0 Å². The zero-order chi connectivity index (χ0) is 13.6. The van der Waals surface area contributed by atoms with Crippen molar-refractivity contribution in [3.8, 4) is 0 Å². The number of carbonyl (C=O) groups is 1. The van der Waals surface area contributed by atoms with E-state index in [-0.39, 0.29) is 12.6 Å². The third-order valence-corrected chi connectivity index (χ3v) is 2.80. The van der Waals surface area contributed by atoms with Crippen LogP contribution in [-0.2, 0) is 9.53 Å². The van der Waals surface area contributed by atoms with Crippen LogP contribution in [0.25, 0.3) is 0 Å². The number of aliphatic hydroxyl groups is 1. The molecule has 5 nitrogen and oxygen atoms in total. The Labute approximate surface area is 104 Å². The lowest BCUT2D eigenvalue weighted by Gasteiger charge is -2.34. The fourth-order valence-corrected chi connectivity index (χ4v) is 1.90. The number of nitrogens with zero attached hydrogens (tertiary/aromatic N) is 2. The minimum Gasteiger partial charge on any atom is -0.467 e. The Bertz CT molecular complexity index is 242. The summed E-state index contributed by atoms with van der Waals surface area (Å²) in [4.78, 5) is 15.6. The monoisotopic (exact) mass is 246 g/mol. The number of ether oxygens (including phenoxy) is 1. The topological polar surface area (TPSA) is 53.0 Å². The van der Waals surface area contributed by atoms with Gasteiger partial charge in [0.2, 0.25) is 0 Å². The van der Waals surface area contributed by atoms with Gasteiger partial charge in [0.05, 0.1) is 7.11 Å². The first-order chi connectivity index (χ1) is 7.74. The quantitative estimate of drug-likeness (QED) is 0.650. The molecule has 102 valence electrons. The highest BCUT2D eigenvalue weighted by Crippen LogP contribution is 2.11. The number of hydrogen-bond donors (Lipinski definition) is 1. The molecule has 0 saturated heterocycles. The van der Waals surface area contributed by atoms with Crippen molar-refractivity contribution in [1.82, 2.24) is 9.80 Å². The van der Waals surface area contributed by atoms with E-state index in [0.29, 0.717) is 0 Å². The van der Waals surface area contributed by atoms with Crippen LogP contribution in [0.3, 0.4) is 0 Å². The molecule has 0 bridgehead atoms. The average Bonchev–Trinajstić information content (AvgIpc) is 2.23. The first-order valence-electron chi connectivity index (χ1n) is 5.94. The summed E-state index contributed by atoms with van der Waals surface area (Å²) in [5.74, 6) is -0.590. The van der Waals surface area contributed by atoms with Crippen LogP contribution in [0.5, 0.6) is 0 Å². The van der Waals surface area contributed by atoms with Crippen LogP contribution < -0.4 is 0 Å². The second-order valence-corrected chi connectivity index (χ2v) is 4.94. The van der Waals surface area contributed by atoms with E-state index in [2.05, 4.69) is 21.5 Å². The molecule has 0 saturated carbocycles. The van der Waals surface area contributed by atoms with E-state index in [0.717, 1.165) is 13.1 Å². The summed E-state index contributed by atoms with van der Waals surface area (Å²) in [5.41, 5.74) is -1.45. The lowest BCUT2D eigenvalue weighted by Crippen LogP contribution is -2.51. The minimum atomic E-state index is -1.45. The molecule has 0 aromatic carbocycles. The average molecular weight is 246 g/mol. The molecule has 0 aliphatic heterocycles. The maximum atomic E-state index is 11.4. The van der Waals surface area contributed by atoms with Crippen molar-refractivity contribution in [3.63, 3.8) is 0 Å². The maximum absolute atomic E-state index is 11.4. The summed E-state index contributed by atoms with van der Waals surface area (Å²) in [6.07, 6.45) is 0. The smallest absolute Gasteiger partial charge is 0.338 e. The second kappa shape index (κ2) is 6.93. The van der Waals surface area contributed by atoms with Crippen molar-refractivity contribution in [2.24, 2.45) is 0 Å². The van der Waals surface area contributed by atoms with E-state index in [1.165, 1.54) is 14.0 Å². The number of esters is 1. The van der Waals surface area contributed by atoms with E-state index in [1.54, 1.807) is 0 Å². The van der Waals surface area contributed by atoms with Gasteiger partial charge >= 0.3 is 5.97 Å². The number of hydrogen-bond acceptors (Lipinski definition) is 5. The first kappa shape index (κ1) is 16.4. The second-order valence-electron chi connectivity index (χ2n) is 4.94. The number of likely N-dealkylation sites (N-methyl/N-ethyl adjacent to an activating group) is 2. The van der Waals surface area contributed by atoms with Crippen LogP contribution in [0.1, 0.15) is 20.8 Å². The molecule has 0 rings (SSSR count). The maximum Gasteiger partial charge on any atom is 0.338 e.